The molecule has 1 aliphatic carbocycles. The van der Waals surface area contributed by atoms with Crippen LogP contribution in [0.2, 0.25) is 0 Å². The summed E-state index contributed by atoms with van der Waals surface area (Å²) in [6.45, 7) is 1.06. The van der Waals surface area contributed by atoms with Gasteiger partial charge in [0, 0.05) is 19.0 Å². The van der Waals surface area contributed by atoms with E-state index in [9.17, 15) is 4.79 Å². The topological polar surface area (TPSA) is 64.8 Å². The number of amides is 1. The van der Waals surface area contributed by atoms with Gasteiger partial charge in [-0.15, -0.1) is 0 Å². The molecule has 0 bridgehead atoms. The highest BCUT2D eigenvalue weighted by Gasteiger charge is 2.27. The maximum absolute atomic E-state index is 12.4. The van der Waals surface area contributed by atoms with E-state index in [0.717, 1.165) is 37.2 Å². The number of hydrogen-bond acceptors (Lipinski definition) is 4. The summed E-state index contributed by atoms with van der Waals surface area (Å²) in [6.07, 6.45) is 3.85. The molecule has 1 amide bonds. The lowest BCUT2D eigenvalue weighted by atomic mass is 9.85. The van der Waals surface area contributed by atoms with Crippen LogP contribution in [-0.2, 0) is 4.79 Å². The van der Waals surface area contributed by atoms with Gasteiger partial charge in [0.25, 0.3) is 0 Å². The Bertz CT molecular complexity index is 475. The minimum atomic E-state index is 0.0785. The maximum Gasteiger partial charge on any atom is 0.225 e. The molecule has 1 aromatic rings. The molecule has 0 aliphatic heterocycles. The van der Waals surface area contributed by atoms with E-state index in [4.69, 9.17) is 15.2 Å². The molecule has 0 aromatic heterocycles. The van der Waals surface area contributed by atoms with E-state index < -0.39 is 0 Å². The molecule has 1 aromatic carbocycles. The fourth-order valence-electron chi connectivity index (χ4n) is 2.85. The zero-order valence-corrected chi connectivity index (χ0v) is 13.5. The number of ether oxygens (including phenoxy) is 2. The fourth-order valence-corrected chi connectivity index (χ4v) is 2.85. The molecule has 5 nitrogen and oxygen atoms in total. The molecule has 22 heavy (non-hydrogen) atoms. The molecule has 2 rings (SSSR count). The molecule has 0 radical (unpaired) electrons. The van der Waals surface area contributed by atoms with Gasteiger partial charge >= 0.3 is 0 Å². The monoisotopic (exact) mass is 306 g/mol. The van der Waals surface area contributed by atoms with Gasteiger partial charge in [-0.1, -0.05) is 6.42 Å². The van der Waals surface area contributed by atoms with Gasteiger partial charge in [-0.3, -0.25) is 4.79 Å². The first-order chi connectivity index (χ1) is 10.6. The summed E-state index contributed by atoms with van der Waals surface area (Å²) in [5, 5.41) is 0. The molecule has 1 aliphatic rings. The zero-order valence-electron chi connectivity index (χ0n) is 13.5. The van der Waals surface area contributed by atoms with Crippen molar-refractivity contribution in [2.24, 2.45) is 11.7 Å². The number of rotatable bonds is 6. The van der Waals surface area contributed by atoms with Crippen LogP contribution >= 0.6 is 0 Å². The van der Waals surface area contributed by atoms with Gasteiger partial charge < -0.3 is 20.1 Å². The smallest absolute Gasteiger partial charge is 0.225 e. The minimum Gasteiger partial charge on any atom is -0.497 e. The first-order valence-electron chi connectivity index (χ1n) is 7.87. The highest BCUT2D eigenvalue weighted by Crippen LogP contribution is 2.24. The SMILES string of the molecule is COc1ccc(OCCN(C)C(=O)C2CCCC(N)C2)cc1. The third-order valence-corrected chi connectivity index (χ3v) is 4.20. The lowest BCUT2D eigenvalue weighted by molar-refractivity contribution is -0.135. The Labute approximate surface area is 132 Å². The molecule has 1 fully saturated rings. The minimum absolute atomic E-state index is 0.0785. The van der Waals surface area contributed by atoms with Crippen LogP contribution in [0.15, 0.2) is 24.3 Å². The molecule has 1 saturated carbocycles. The van der Waals surface area contributed by atoms with Crippen molar-refractivity contribution in [3.05, 3.63) is 24.3 Å². The number of nitrogens with zero attached hydrogens (tertiary/aromatic N) is 1. The molecule has 0 saturated heterocycles. The van der Waals surface area contributed by atoms with Crippen molar-refractivity contribution >= 4 is 5.91 Å². The summed E-state index contributed by atoms with van der Waals surface area (Å²) in [7, 11) is 3.47. The van der Waals surface area contributed by atoms with E-state index in [1.165, 1.54) is 0 Å². The van der Waals surface area contributed by atoms with Crippen LogP contribution in [0.4, 0.5) is 0 Å². The van der Waals surface area contributed by atoms with E-state index in [1.807, 2.05) is 31.3 Å². The second-order valence-corrected chi connectivity index (χ2v) is 5.91. The van der Waals surface area contributed by atoms with Crippen LogP contribution in [0.3, 0.4) is 0 Å². The van der Waals surface area contributed by atoms with Gasteiger partial charge in [-0.05, 0) is 43.5 Å². The number of benzene rings is 1. The van der Waals surface area contributed by atoms with Gasteiger partial charge in [0.1, 0.15) is 18.1 Å². The van der Waals surface area contributed by atoms with Gasteiger partial charge in [0.15, 0.2) is 0 Å². The Hall–Kier alpha value is -1.75. The highest BCUT2D eigenvalue weighted by atomic mass is 16.5. The van der Waals surface area contributed by atoms with Crippen molar-refractivity contribution < 1.29 is 14.3 Å². The number of carbonyl (C=O) groups excluding carboxylic acids is 1. The van der Waals surface area contributed by atoms with Gasteiger partial charge in [0.2, 0.25) is 5.91 Å². The molecule has 2 N–H and O–H groups in total. The first kappa shape index (κ1) is 16.6. The third kappa shape index (κ3) is 4.63. The van der Waals surface area contributed by atoms with E-state index >= 15 is 0 Å². The van der Waals surface area contributed by atoms with Crippen molar-refractivity contribution in [2.45, 2.75) is 31.7 Å². The normalized spacial score (nSPS) is 21.2. The fraction of sp³-hybridized carbons (Fsp3) is 0.588. The van der Waals surface area contributed by atoms with E-state index in [-0.39, 0.29) is 17.9 Å². The van der Waals surface area contributed by atoms with Gasteiger partial charge in [-0.25, -0.2) is 0 Å². The maximum atomic E-state index is 12.4. The largest absolute Gasteiger partial charge is 0.497 e. The lowest BCUT2D eigenvalue weighted by Crippen LogP contribution is -2.40. The molecule has 2 atom stereocenters. The van der Waals surface area contributed by atoms with E-state index in [2.05, 4.69) is 0 Å². The summed E-state index contributed by atoms with van der Waals surface area (Å²) in [5.74, 6) is 1.85. The van der Waals surface area contributed by atoms with Crippen LogP contribution in [0, 0.1) is 5.92 Å². The van der Waals surface area contributed by atoms with Crippen LogP contribution < -0.4 is 15.2 Å². The second kappa shape index (κ2) is 8.03. The van der Waals surface area contributed by atoms with Crippen LogP contribution in [0.5, 0.6) is 11.5 Å². The average Bonchev–Trinajstić information content (AvgIpc) is 2.54. The summed E-state index contributed by atoms with van der Waals surface area (Å²) in [6, 6.07) is 7.61. The van der Waals surface area contributed by atoms with Crippen molar-refractivity contribution in [2.75, 3.05) is 27.3 Å². The quantitative estimate of drug-likeness (QED) is 0.873. The van der Waals surface area contributed by atoms with Crippen molar-refractivity contribution in [1.82, 2.24) is 4.90 Å². The summed E-state index contributed by atoms with van der Waals surface area (Å²) in [4.78, 5) is 14.1. The van der Waals surface area contributed by atoms with Crippen molar-refractivity contribution in [1.29, 1.82) is 0 Å². The molecule has 0 spiro atoms. The van der Waals surface area contributed by atoms with Crippen LogP contribution in [0.1, 0.15) is 25.7 Å². The van der Waals surface area contributed by atoms with Crippen LogP contribution in [0.25, 0.3) is 0 Å². The predicted octanol–water partition coefficient (Wildman–Crippen LogP) is 2.05. The Morgan fingerprint density at radius 1 is 1.27 bits per heavy atom. The van der Waals surface area contributed by atoms with Crippen LogP contribution in [-0.4, -0.2) is 44.2 Å². The number of hydrogen-bond donors (Lipinski definition) is 1. The Balaban J connectivity index is 1.74. The Morgan fingerprint density at radius 2 is 1.95 bits per heavy atom. The molecular formula is C17H26N2O3. The summed E-state index contributed by atoms with van der Waals surface area (Å²) < 4.78 is 10.8. The molecule has 0 heterocycles. The summed E-state index contributed by atoms with van der Waals surface area (Å²) in [5.41, 5.74) is 5.96. The van der Waals surface area contributed by atoms with Crippen molar-refractivity contribution in [3.63, 3.8) is 0 Å². The summed E-state index contributed by atoms with van der Waals surface area (Å²) >= 11 is 0. The Kier molecular flexibility index (Phi) is 6.07. The molecule has 5 heteroatoms. The molecule has 2 unspecified atom stereocenters. The van der Waals surface area contributed by atoms with Gasteiger partial charge in [-0.2, -0.15) is 0 Å². The van der Waals surface area contributed by atoms with E-state index in [1.54, 1.807) is 12.0 Å². The molecule has 122 valence electrons. The number of carbonyl (C=O) groups is 1. The van der Waals surface area contributed by atoms with Crippen molar-refractivity contribution in [3.8, 4) is 11.5 Å². The standard InChI is InChI=1S/C17H26N2O3/c1-19(17(20)13-4-3-5-14(18)12-13)10-11-22-16-8-6-15(21-2)7-9-16/h6-9,13-14H,3-5,10-12,18H2,1-2H3. The second-order valence-electron chi connectivity index (χ2n) is 5.91. The predicted molar refractivity (Wildman–Crippen MR) is 86.1 cm³/mol. The molecular weight excluding hydrogens is 280 g/mol. The first-order valence-corrected chi connectivity index (χ1v) is 7.87. The highest BCUT2D eigenvalue weighted by molar-refractivity contribution is 5.78. The number of nitrogens with two attached hydrogens (primary N) is 1. The third-order valence-electron chi connectivity index (χ3n) is 4.20. The number of methoxy groups -OCH3 is 1. The Morgan fingerprint density at radius 3 is 2.59 bits per heavy atom. The zero-order chi connectivity index (χ0) is 15.9. The average molecular weight is 306 g/mol. The lowest BCUT2D eigenvalue weighted by Gasteiger charge is -2.29. The van der Waals surface area contributed by atoms with Gasteiger partial charge in [0.05, 0.1) is 13.7 Å². The van der Waals surface area contributed by atoms with E-state index in [0.29, 0.717) is 13.2 Å². The number of likely N-dealkylation sites (N-methyl/N-ethyl adjacent to an activating group) is 1.